The van der Waals surface area contributed by atoms with E-state index in [1.807, 2.05) is 34.6 Å². The lowest BCUT2D eigenvalue weighted by Gasteiger charge is -2.38. The molecule has 1 aliphatic heterocycles. The topological polar surface area (TPSA) is 151 Å². The Morgan fingerprint density at radius 1 is 1.03 bits per heavy atom. The molecule has 3 fully saturated rings. The van der Waals surface area contributed by atoms with Crippen molar-refractivity contribution in [3.63, 3.8) is 0 Å². The molecule has 3 aliphatic rings. The van der Waals surface area contributed by atoms with Crippen LogP contribution in [0.1, 0.15) is 74.1 Å². The van der Waals surface area contributed by atoms with Crippen LogP contribution < -0.4 is 21.7 Å². The molecule has 2 aliphatic carbocycles. The van der Waals surface area contributed by atoms with Gasteiger partial charge in [0, 0.05) is 12.6 Å². The third-order valence-corrected chi connectivity index (χ3v) is 8.24. The van der Waals surface area contributed by atoms with E-state index in [1.54, 1.807) is 4.90 Å². The summed E-state index contributed by atoms with van der Waals surface area (Å²) in [6.07, 6.45) is 3.32. The highest BCUT2D eigenvalue weighted by atomic mass is 16.2. The molecule has 0 aromatic heterocycles. The number of hydrogen-bond donors (Lipinski definition) is 4. The molecule has 1 saturated heterocycles. The minimum Gasteiger partial charge on any atom is -0.363 e. The van der Waals surface area contributed by atoms with E-state index in [0.29, 0.717) is 13.0 Å². The van der Waals surface area contributed by atoms with Crippen LogP contribution in [0, 0.1) is 28.6 Å². The molecule has 0 aromatic carbocycles. The van der Waals surface area contributed by atoms with Gasteiger partial charge >= 0.3 is 6.03 Å². The molecule has 0 bridgehead atoms. The standard InChI is InChI=1S/C26H43N5O5/c1-13(2)28-24(36)30-20(25(3,4)5)23(35)31-12-15-17(26(15,6)7)18(31)22(34)29-16(19(32)21(27)33)11-14-9-8-10-14/h13-18,20H,8-12H2,1-7H3,(H2,27,33)(H,29,34)(H2,28,30,36)/t15-,16?,17-,18?,20?/m0/s1. The Kier molecular flexibility index (Phi) is 7.77. The summed E-state index contributed by atoms with van der Waals surface area (Å²) < 4.78 is 0. The highest BCUT2D eigenvalue weighted by Gasteiger charge is 2.69. The fourth-order valence-corrected chi connectivity index (χ4v) is 5.78. The highest BCUT2D eigenvalue weighted by molar-refractivity contribution is 6.37. The molecule has 5 N–H and O–H groups in total. The molecule has 3 unspecified atom stereocenters. The number of nitrogens with one attached hydrogen (secondary N) is 3. The number of ketones is 1. The van der Waals surface area contributed by atoms with E-state index < -0.39 is 47.2 Å². The predicted molar refractivity (Wildman–Crippen MR) is 134 cm³/mol. The van der Waals surface area contributed by atoms with Crippen molar-refractivity contribution in [2.75, 3.05) is 6.54 Å². The van der Waals surface area contributed by atoms with Gasteiger partial charge in [-0.2, -0.15) is 0 Å². The maximum Gasteiger partial charge on any atom is 0.315 e. The van der Waals surface area contributed by atoms with Crippen molar-refractivity contribution < 1.29 is 24.0 Å². The van der Waals surface area contributed by atoms with Crippen LogP contribution in [0.3, 0.4) is 0 Å². The first-order valence-electron chi connectivity index (χ1n) is 13.1. The Balaban J connectivity index is 1.83. The Hall–Kier alpha value is -2.65. The van der Waals surface area contributed by atoms with Gasteiger partial charge < -0.3 is 26.6 Å². The summed E-state index contributed by atoms with van der Waals surface area (Å²) in [5, 5.41) is 8.33. The van der Waals surface area contributed by atoms with Crippen molar-refractivity contribution in [2.24, 2.45) is 34.3 Å². The highest BCUT2D eigenvalue weighted by Crippen LogP contribution is 2.65. The fraction of sp³-hybridized carbons (Fsp3) is 0.808. The molecule has 10 nitrogen and oxygen atoms in total. The van der Waals surface area contributed by atoms with Crippen molar-refractivity contribution >= 4 is 29.5 Å². The van der Waals surface area contributed by atoms with Crippen LogP contribution in [0.15, 0.2) is 0 Å². The molecule has 36 heavy (non-hydrogen) atoms. The summed E-state index contributed by atoms with van der Waals surface area (Å²) in [5.74, 6) is -2.33. The van der Waals surface area contributed by atoms with Gasteiger partial charge in [0.1, 0.15) is 12.1 Å². The predicted octanol–water partition coefficient (Wildman–Crippen LogP) is 1.32. The number of fused-ring (bicyclic) bond motifs is 1. The van der Waals surface area contributed by atoms with E-state index in [1.165, 1.54) is 0 Å². The van der Waals surface area contributed by atoms with Crippen molar-refractivity contribution in [3.05, 3.63) is 0 Å². The third-order valence-electron chi connectivity index (χ3n) is 8.24. The average molecular weight is 506 g/mol. The average Bonchev–Trinajstić information content (AvgIpc) is 3.06. The van der Waals surface area contributed by atoms with E-state index in [9.17, 15) is 24.0 Å². The van der Waals surface area contributed by atoms with Crippen LogP contribution >= 0.6 is 0 Å². The second-order valence-corrected chi connectivity index (χ2v) is 12.8. The number of rotatable bonds is 9. The molecule has 202 valence electrons. The molecule has 0 aromatic rings. The SMILES string of the molecule is CC(C)NC(=O)NC(C(=O)N1C[C@H]2[C@@H](C1C(=O)NC(CC1CCC1)C(=O)C(N)=O)C2(C)C)C(C)(C)C. The zero-order valence-corrected chi connectivity index (χ0v) is 22.6. The van der Waals surface area contributed by atoms with Crippen LogP contribution in [-0.2, 0) is 19.2 Å². The van der Waals surface area contributed by atoms with E-state index in [-0.39, 0.29) is 35.1 Å². The molecule has 3 rings (SSSR count). The van der Waals surface area contributed by atoms with Gasteiger partial charge in [-0.15, -0.1) is 0 Å². The number of urea groups is 1. The molecule has 5 amide bonds. The van der Waals surface area contributed by atoms with Crippen molar-refractivity contribution in [2.45, 2.75) is 98.3 Å². The number of Topliss-reactive ketones (excluding diaryl/α,β-unsaturated/α-hetero) is 1. The lowest BCUT2D eigenvalue weighted by molar-refractivity contribution is -0.145. The Bertz CT molecular complexity index is 920. The lowest BCUT2D eigenvalue weighted by atomic mass is 9.80. The molecule has 10 heteroatoms. The van der Waals surface area contributed by atoms with E-state index in [0.717, 1.165) is 19.3 Å². The van der Waals surface area contributed by atoms with Gasteiger partial charge in [0.15, 0.2) is 0 Å². The van der Waals surface area contributed by atoms with Gasteiger partial charge in [-0.1, -0.05) is 53.9 Å². The number of primary amides is 1. The van der Waals surface area contributed by atoms with Gasteiger partial charge in [0.25, 0.3) is 5.91 Å². The lowest BCUT2D eigenvalue weighted by Crippen LogP contribution is -2.61. The quantitative estimate of drug-likeness (QED) is 0.349. The second-order valence-electron chi connectivity index (χ2n) is 12.8. The first kappa shape index (κ1) is 27.9. The van der Waals surface area contributed by atoms with Crippen LogP contribution in [0.25, 0.3) is 0 Å². The molecular formula is C26H43N5O5. The van der Waals surface area contributed by atoms with Gasteiger partial charge in [-0.05, 0) is 48.9 Å². The van der Waals surface area contributed by atoms with Gasteiger partial charge in [0.05, 0.1) is 6.04 Å². The zero-order valence-electron chi connectivity index (χ0n) is 22.6. The minimum absolute atomic E-state index is 0.0698. The summed E-state index contributed by atoms with van der Waals surface area (Å²) in [6.45, 7) is 13.8. The number of piperidine rings is 1. The minimum atomic E-state index is -1.07. The molecule has 0 radical (unpaired) electrons. The van der Waals surface area contributed by atoms with E-state index >= 15 is 0 Å². The monoisotopic (exact) mass is 505 g/mol. The number of nitrogens with zero attached hydrogens (tertiary/aromatic N) is 1. The number of amides is 5. The van der Waals surface area contributed by atoms with Gasteiger partial charge in [-0.25, -0.2) is 4.79 Å². The molecule has 1 heterocycles. The zero-order chi connectivity index (χ0) is 27.2. The van der Waals surface area contributed by atoms with Crippen LogP contribution in [-0.4, -0.2) is 65.1 Å². The van der Waals surface area contributed by atoms with Crippen molar-refractivity contribution in [1.29, 1.82) is 0 Å². The summed E-state index contributed by atoms with van der Waals surface area (Å²) >= 11 is 0. The smallest absolute Gasteiger partial charge is 0.315 e. The third kappa shape index (κ3) is 5.67. The van der Waals surface area contributed by atoms with Gasteiger partial charge in [0.2, 0.25) is 17.6 Å². The number of carbonyl (C=O) groups is 5. The number of hydrogen-bond acceptors (Lipinski definition) is 5. The second kappa shape index (κ2) is 10.0. The largest absolute Gasteiger partial charge is 0.363 e. The normalized spacial score (nSPS) is 26.3. The van der Waals surface area contributed by atoms with Crippen LogP contribution in [0.5, 0.6) is 0 Å². The summed E-state index contributed by atoms with van der Waals surface area (Å²) in [5.41, 5.74) is 4.54. The Labute approximate surface area is 213 Å². The first-order chi connectivity index (χ1) is 16.6. The molecule has 2 saturated carbocycles. The van der Waals surface area contributed by atoms with E-state index in [2.05, 4.69) is 29.8 Å². The summed E-state index contributed by atoms with van der Waals surface area (Å²) in [7, 11) is 0. The maximum absolute atomic E-state index is 13.8. The van der Waals surface area contributed by atoms with Crippen LogP contribution in [0.2, 0.25) is 0 Å². The number of nitrogens with two attached hydrogens (primary N) is 1. The van der Waals surface area contributed by atoms with E-state index in [4.69, 9.17) is 5.73 Å². The molecule has 5 atom stereocenters. The first-order valence-corrected chi connectivity index (χ1v) is 13.1. The van der Waals surface area contributed by atoms with Crippen molar-refractivity contribution in [1.82, 2.24) is 20.9 Å². The van der Waals surface area contributed by atoms with Crippen LogP contribution in [0.4, 0.5) is 4.79 Å². The molecular weight excluding hydrogens is 462 g/mol. The van der Waals surface area contributed by atoms with Crippen molar-refractivity contribution in [3.8, 4) is 0 Å². The number of likely N-dealkylation sites (tertiary alicyclic amines) is 1. The summed E-state index contributed by atoms with van der Waals surface area (Å²) in [4.78, 5) is 65.7. The molecule has 0 spiro atoms. The Morgan fingerprint density at radius 2 is 1.64 bits per heavy atom. The number of carbonyl (C=O) groups excluding carboxylic acids is 5. The Morgan fingerprint density at radius 3 is 2.11 bits per heavy atom. The maximum atomic E-state index is 13.8. The summed E-state index contributed by atoms with van der Waals surface area (Å²) in [6, 6.07) is -3.19. The van der Waals surface area contributed by atoms with Gasteiger partial charge in [-0.3, -0.25) is 19.2 Å². The fourth-order valence-electron chi connectivity index (χ4n) is 5.78.